The van der Waals surface area contributed by atoms with Crippen molar-refractivity contribution in [2.45, 2.75) is 46.6 Å². The summed E-state index contributed by atoms with van der Waals surface area (Å²) in [4.78, 5) is 13.8. The zero-order valence-corrected chi connectivity index (χ0v) is 12.0. The molecule has 3 N–H and O–H groups in total. The molecule has 1 unspecified atom stereocenters. The van der Waals surface area contributed by atoms with Crippen molar-refractivity contribution < 1.29 is 4.79 Å². The lowest BCUT2D eigenvalue weighted by molar-refractivity contribution is -0.121. The minimum atomic E-state index is -0.0427. The molecule has 0 saturated heterocycles. The van der Waals surface area contributed by atoms with Crippen LogP contribution in [0.3, 0.4) is 0 Å². The Balaban J connectivity index is 3.72. The molecule has 102 valence electrons. The average molecular weight is 243 g/mol. The molecule has 0 spiro atoms. The number of nitrogens with zero attached hydrogens (tertiary/aromatic N) is 1. The fraction of sp³-hybridized carbons (Fsp3) is 0.923. The number of nitrogens with one attached hydrogen (secondary N) is 1. The summed E-state index contributed by atoms with van der Waals surface area (Å²) in [6.45, 7) is 11.1. The molecule has 17 heavy (non-hydrogen) atoms. The quantitative estimate of drug-likeness (QED) is 0.706. The van der Waals surface area contributed by atoms with Gasteiger partial charge in [0.1, 0.15) is 0 Å². The van der Waals surface area contributed by atoms with Crippen LogP contribution in [0.25, 0.3) is 0 Å². The van der Waals surface area contributed by atoms with Gasteiger partial charge in [0.15, 0.2) is 0 Å². The average Bonchev–Trinajstić information content (AvgIpc) is 2.13. The lowest BCUT2D eigenvalue weighted by Gasteiger charge is -2.22. The summed E-state index contributed by atoms with van der Waals surface area (Å²) >= 11 is 0. The van der Waals surface area contributed by atoms with Crippen molar-refractivity contribution in [3.63, 3.8) is 0 Å². The van der Waals surface area contributed by atoms with Crippen LogP contribution >= 0.6 is 0 Å². The maximum absolute atomic E-state index is 11.6. The molecular formula is C13H29N3O. The maximum atomic E-state index is 11.6. The highest BCUT2D eigenvalue weighted by molar-refractivity contribution is 5.76. The summed E-state index contributed by atoms with van der Waals surface area (Å²) < 4.78 is 0. The summed E-state index contributed by atoms with van der Waals surface area (Å²) in [6, 6.07) is -0.0427. The van der Waals surface area contributed by atoms with E-state index in [4.69, 9.17) is 5.73 Å². The molecule has 1 amide bonds. The van der Waals surface area contributed by atoms with Gasteiger partial charge in [-0.05, 0) is 25.4 Å². The fourth-order valence-corrected chi connectivity index (χ4v) is 1.71. The van der Waals surface area contributed by atoms with E-state index in [1.807, 2.05) is 7.05 Å². The smallest absolute Gasteiger partial charge is 0.221 e. The predicted molar refractivity (Wildman–Crippen MR) is 72.8 cm³/mol. The second-order valence-corrected chi connectivity index (χ2v) is 5.97. The molecule has 0 aromatic carbocycles. The van der Waals surface area contributed by atoms with E-state index in [0.717, 1.165) is 19.5 Å². The van der Waals surface area contributed by atoms with E-state index in [9.17, 15) is 4.79 Å². The van der Waals surface area contributed by atoms with Crippen molar-refractivity contribution in [1.82, 2.24) is 10.2 Å². The Morgan fingerprint density at radius 3 is 2.47 bits per heavy atom. The largest absolute Gasteiger partial charge is 0.355 e. The molecule has 1 atom stereocenters. The van der Waals surface area contributed by atoms with Crippen LogP contribution in [0, 0.1) is 5.41 Å². The van der Waals surface area contributed by atoms with Crippen molar-refractivity contribution in [2.75, 3.05) is 26.7 Å². The topological polar surface area (TPSA) is 58.4 Å². The zero-order chi connectivity index (χ0) is 13.5. The van der Waals surface area contributed by atoms with Gasteiger partial charge in [-0.1, -0.05) is 27.7 Å². The molecule has 4 heteroatoms. The Morgan fingerprint density at radius 1 is 1.41 bits per heavy atom. The summed E-state index contributed by atoms with van der Waals surface area (Å²) in [7, 11) is 2.04. The normalized spacial score (nSPS) is 13.8. The lowest BCUT2D eigenvalue weighted by atomic mass is 9.87. The second-order valence-electron chi connectivity index (χ2n) is 5.97. The van der Waals surface area contributed by atoms with Gasteiger partial charge in [-0.3, -0.25) is 4.79 Å². The number of rotatable bonds is 7. The summed E-state index contributed by atoms with van der Waals surface area (Å²) in [5.74, 6) is 0.0613. The minimum Gasteiger partial charge on any atom is -0.355 e. The highest BCUT2D eigenvalue weighted by Gasteiger charge is 2.17. The third kappa shape index (κ3) is 10.3. The summed E-state index contributed by atoms with van der Waals surface area (Å²) in [6.07, 6.45) is 1.29. The SMILES string of the molecule is CCN(C)CCNC(=O)CC(N)CC(C)(C)C. The third-order valence-electron chi connectivity index (χ3n) is 2.68. The minimum absolute atomic E-state index is 0.0427. The molecule has 0 saturated carbocycles. The van der Waals surface area contributed by atoms with Gasteiger partial charge in [-0.25, -0.2) is 0 Å². The number of carbonyl (C=O) groups is 1. The molecular weight excluding hydrogens is 214 g/mol. The predicted octanol–water partition coefficient (Wildman–Crippen LogP) is 1.21. The monoisotopic (exact) mass is 243 g/mol. The van der Waals surface area contributed by atoms with E-state index in [2.05, 4.69) is 37.9 Å². The van der Waals surface area contributed by atoms with Gasteiger partial charge in [0, 0.05) is 25.6 Å². The molecule has 0 fully saturated rings. The second kappa shape index (κ2) is 7.67. The van der Waals surface area contributed by atoms with Crippen molar-refractivity contribution in [2.24, 2.45) is 11.1 Å². The van der Waals surface area contributed by atoms with Crippen LogP contribution in [0.4, 0.5) is 0 Å². The molecule has 0 aromatic heterocycles. The number of hydrogen-bond donors (Lipinski definition) is 2. The number of hydrogen-bond acceptors (Lipinski definition) is 3. The first kappa shape index (κ1) is 16.4. The van der Waals surface area contributed by atoms with Crippen molar-refractivity contribution in [3.05, 3.63) is 0 Å². The molecule has 0 heterocycles. The van der Waals surface area contributed by atoms with Crippen LogP contribution in [0.2, 0.25) is 0 Å². The van der Waals surface area contributed by atoms with Gasteiger partial charge < -0.3 is 16.0 Å². The van der Waals surface area contributed by atoms with E-state index in [-0.39, 0.29) is 17.4 Å². The standard InChI is InChI=1S/C13H29N3O/c1-6-16(5)8-7-15-12(17)9-11(14)10-13(2,3)4/h11H,6-10,14H2,1-5H3,(H,15,17). The summed E-state index contributed by atoms with van der Waals surface area (Å²) in [5, 5.41) is 2.90. The first-order chi connectivity index (χ1) is 7.74. The molecule has 0 radical (unpaired) electrons. The van der Waals surface area contributed by atoms with Crippen LogP contribution in [0.1, 0.15) is 40.5 Å². The number of carbonyl (C=O) groups excluding carboxylic acids is 1. The lowest BCUT2D eigenvalue weighted by Crippen LogP contribution is -2.37. The van der Waals surface area contributed by atoms with Crippen LogP contribution in [-0.2, 0) is 4.79 Å². The Bertz CT molecular complexity index is 223. The zero-order valence-electron chi connectivity index (χ0n) is 12.0. The van der Waals surface area contributed by atoms with Crippen molar-refractivity contribution >= 4 is 5.91 Å². The maximum Gasteiger partial charge on any atom is 0.221 e. The molecule has 4 nitrogen and oxygen atoms in total. The van der Waals surface area contributed by atoms with Gasteiger partial charge in [-0.2, -0.15) is 0 Å². The first-order valence-electron chi connectivity index (χ1n) is 6.45. The Hall–Kier alpha value is -0.610. The van der Waals surface area contributed by atoms with Crippen LogP contribution in [0.5, 0.6) is 0 Å². The fourth-order valence-electron chi connectivity index (χ4n) is 1.71. The molecule has 0 bridgehead atoms. The van der Waals surface area contributed by atoms with E-state index in [1.165, 1.54) is 0 Å². The van der Waals surface area contributed by atoms with E-state index in [1.54, 1.807) is 0 Å². The van der Waals surface area contributed by atoms with Gasteiger partial charge in [0.25, 0.3) is 0 Å². The van der Waals surface area contributed by atoms with E-state index in [0.29, 0.717) is 13.0 Å². The van der Waals surface area contributed by atoms with Gasteiger partial charge >= 0.3 is 0 Å². The van der Waals surface area contributed by atoms with E-state index < -0.39 is 0 Å². The molecule has 0 aliphatic rings. The van der Waals surface area contributed by atoms with Crippen LogP contribution in [-0.4, -0.2) is 43.5 Å². The van der Waals surface area contributed by atoms with Gasteiger partial charge in [0.05, 0.1) is 0 Å². The van der Waals surface area contributed by atoms with Crippen LogP contribution < -0.4 is 11.1 Å². The Kier molecular flexibility index (Phi) is 7.39. The Morgan fingerprint density at radius 2 is 2.00 bits per heavy atom. The first-order valence-corrected chi connectivity index (χ1v) is 6.45. The highest BCUT2D eigenvalue weighted by Crippen LogP contribution is 2.20. The highest BCUT2D eigenvalue weighted by atomic mass is 16.1. The molecule has 0 aliphatic carbocycles. The van der Waals surface area contributed by atoms with Crippen molar-refractivity contribution in [1.29, 1.82) is 0 Å². The molecule has 0 rings (SSSR count). The van der Waals surface area contributed by atoms with Crippen LogP contribution in [0.15, 0.2) is 0 Å². The van der Waals surface area contributed by atoms with Gasteiger partial charge in [0.2, 0.25) is 5.91 Å². The molecule has 0 aromatic rings. The number of nitrogens with two attached hydrogens (primary N) is 1. The molecule has 0 aliphatic heterocycles. The number of amides is 1. The number of likely N-dealkylation sites (N-methyl/N-ethyl adjacent to an activating group) is 1. The van der Waals surface area contributed by atoms with Gasteiger partial charge in [-0.15, -0.1) is 0 Å². The van der Waals surface area contributed by atoms with E-state index >= 15 is 0 Å². The van der Waals surface area contributed by atoms with Crippen molar-refractivity contribution in [3.8, 4) is 0 Å². The third-order valence-corrected chi connectivity index (χ3v) is 2.68. The Labute approximate surface area is 106 Å². The summed E-state index contributed by atoms with van der Waals surface area (Å²) in [5.41, 5.74) is 6.13.